The van der Waals surface area contributed by atoms with Gasteiger partial charge < -0.3 is 15.2 Å². The zero-order chi connectivity index (χ0) is 11.6. The van der Waals surface area contributed by atoms with Gasteiger partial charge in [0.05, 0.1) is 31.2 Å². The molecular weight excluding hydrogens is 222 g/mol. The van der Waals surface area contributed by atoms with E-state index in [1.165, 1.54) is 4.88 Å². The van der Waals surface area contributed by atoms with Gasteiger partial charge in [0, 0.05) is 11.5 Å². The maximum absolute atomic E-state index is 5.45. The third kappa shape index (κ3) is 5.29. The molecular formula is C12H17NO2S. The predicted octanol–water partition coefficient (Wildman–Crippen LogP) is 1.61. The van der Waals surface area contributed by atoms with E-state index in [9.17, 15) is 0 Å². The lowest BCUT2D eigenvalue weighted by Gasteiger charge is -2.01. The standard InChI is InChI=1S/C12H17NO2S/c1-2-14-8-9-15-10-12-6-5-11(16-12)4-3-7-13/h5-6H,2,7-10,13H2,1H3. The second kappa shape index (κ2) is 8.31. The van der Waals surface area contributed by atoms with Crippen molar-refractivity contribution in [3.05, 3.63) is 21.9 Å². The fourth-order valence-electron chi connectivity index (χ4n) is 1.10. The van der Waals surface area contributed by atoms with Crippen LogP contribution in [0.4, 0.5) is 0 Å². The van der Waals surface area contributed by atoms with E-state index >= 15 is 0 Å². The summed E-state index contributed by atoms with van der Waals surface area (Å²) >= 11 is 1.64. The van der Waals surface area contributed by atoms with Crippen molar-refractivity contribution < 1.29 is 9.47 Å². The Hall–Kier alpha value is -0.860. The first kappa shape index (κ1) is 13.2. The first-order chi connectivity index (χ1) is 7.86. The highest BCUT2D eigenvalue weighted by Crippen LogP contribution is 2.16. The first-order valence-electron chi connectivity index (χ1n) is 5.30. The average molecular weight is 239 g/mol. The van der Waals surface area contributed by atoms with E-state index in [1.807, 2.05) is 19.1 Å². The van der Waals surface area contributed by atoms with Crippen LogP contribution in [0.5, 0.6) is 0 Å². The lowest BCUT2D eigenvalue weighted by molar-refractivity contribution is 0.0462. The van der Waals surface area contributed by atoms with Crippen LogP contribution in [0.25, 0.3) is 0 Å². The molecule has 0 atom stereocenters. The van der Waals surface area contributed by atoms with E-state index in [-0.39, 0.29) is 0 Å². The smallest absolute Gasteiger partial charge is 0.0810 e. The highest BCUT2D eigenvalue weighted by atomic mass is 32.1. The third-order valence-electron chi connectivity index (χ3n) is 1.80. The largest absolute Gasteiger partial charge is 0.379 e. The molecule has 0 spiro atoms. The Morgan fingerprint density at radius 1 is 1.31 bits per heavy atom. The summed E-state index contributed by atoms with van der Waals surface area (Å²) in [7, 11) is 0. The molecule has 0 bridgehead atoms. The second-order valence-corrected chi connectivity index (χ2v) is 4.19. The van der Waals surface area contributed by atoms with Gasteiger partial charge in [-0.15, -0.1) is 11.3 Å². The summed E-state index contributed by atoms with van der Waals surface area (Å²) in [6.45, 7) is 5.03. The summed E-state index contributed by atoms with van der Waals surface area (Å²) in [5.74, 6) is 5.83. The first-order valence-corrected chi connectivity index (χ1v) is 6.11. The van der Waals surface area contributed by atoms with E-state index in [1.54, 1.807) is 11.3 Å². The van der Waals surface area contributed by atoms with Gasteiger partial charge in [0.15, 0.2) is 0 Å². The van der Waals surface area contributed by atoms with Crippen molar-refractivity contribution >= 4 is 11.3 Å². The molecule has 0 saturated heterocycles. The molecule has 3 nitrogen and oxygen atoms in total. The van der Waals surface area contributed by atoms with Gasteiger partial charge in [-0.05, 0) is 19.1 Å². The zero-order valence-corrected chi connectivity index (χ0v) is 10.3. The zero-order valence-electron chi connectivity index (χ0n) is 9.49. The van der Waals surface area contributed by atoms with Crippen molar-refractivity contribution in [1.82, 2.24) is 0 Å². The number of ether oxygens (including phenoxy) is 2. The van der Waals surface area contributed by atoms with Crippen molar-refractivity contribution in [1.29, 1.82) is 0 Å². The monoisotopic (exact) mass is 239 g/mol. The third-order valence-corrected chi connectivity index (χ3v) is 2.77. The minimum atomic E-state index is 0.401. The number of hydrogen-bond acceptors (Lipinski definition) is 4. The normalized spacial score (nSPS) is 9.88. The van der Waals surface area contributed by atoms with Gasteiger partial charge in [-0.2, -0.15) is 0 Å². The van der Waals surface area contributed by atoms with Crippen LogP contribution < -0.4 is 5.73 Å². The van der Waals surface area contributed by atoms with Gasteiger partial charge >= 0.3 is 0 Å². The maximum atomic E-state index is 5.45. The van der Waals surface area contributed by atoms with Gasteiger partial charge in [0.25, 0.3) is 0 Å². The second-order valence-electron chi connectivity index (χ2n) is 3.02. The molecule has 88 valence electrons. The summed E-state index contributed by atoms with van der Waals surface area (Å²) in [5, 5.41) is 0. The number of thiophene rings is 1. The quantitative estimate of drug-likeness (QED) is 0.606. The molecule has 1 rings (SSSR count). The molecule has 16 heavy (non-hydrogen) atoms. The van der Waals surface area contributed by atoms with Crippen molar-refractivity contribution in [2.24, 2.45) is 5.73 Å². The molecule has 0 saturated carbocycles. The molecule has 0 radical (unpaired) electrons. The predicted molar refractivity (Wildman–Crippen MR) is 66.4 cm³/mol. The molecule has 0 aliphatic carbocycles. The lowest BCUT2D eigenvalue weighted by atomic mass is 10.4. The molecule has 0 aliphatic heterocycles. The fraction of sp³-hybridized carbons (Fsp3) is 0.500. The molecule has 2 N–H and O–H groups in total. The van der Waals surface area contributed by atoms with E-state index in [2.05, 4.69) is 11.8 Å². The minimum Gasteiger partial charge on any atom is -0.379 e. The Bertz CT molecular complexity index is 351. The van der Waals surface area contributed by atoms with Gasteiger partial charge in [-0.3, -0.25) is 0 Å². The Balaban J connectivity index is 2.24. The number of rotatable bonds is 6. The van der Waals surface area contributed by atoms with E-state index in [0.29, 0.717) is 26.4 Å². The molecule has 0 aliphatic rings. The Morgan fingerprint density at radius 3 is 2.88 bits per heavy atom. The summed E-state index contributed by atoms with van der Waals surface area (Å²) in [6, 6.07) is 4.03. The molecule has 1 aromatic heterocycles. The van der Waals surface area contributed by atoms with Crippen LogP contribution in [-0.4, -0.2) is 26.4 Å². The van der Waals surface area contributed by atoms with Crippen LogP contribution in [0.2, 0.25) is 0 Å². The summed E-state index contributed by atoms with van der Waals surface area (Å²) in [4.78, 5) is 2.21. The van der Waals surface area contributed by atoms with Gasteiger partial charge in [0.1, 0.15) is 0 Å². The molecule has 0 fully saturated rings. The molecule has 4 heteroatoms. The van der Waals surface area contributed by atoms with Crippen molar-refractivity contribution in [2.45, 2.75) is 13.5 Å². The minimum absolute atomic E-state index is 0.401. The highest BCUT2D eigenvalue weighted by molar-refractivity contribution is 7.12. The molecule has 0 aromatic carbocycles. The van der Waals surface area contributed by atoms with Crippen LogP contribution in [-0.2, 0) is 16.1 Å². The van der Waals surface area contributed by atoms with Crippen LogP contribution >= 0.6 is 11.3 Å². The molecule has 1 heterocycles. The average Bonchev–Trinajstić information content (AvgIpc) is 2.74. The fourth-order valence-corrected chi connectivity index (χ4v) is 1.92. The molecule has 0 unspecified atom stereocenters. The SMILES string of the molecule is CCOCCOCc1ccc(C#CCN)s1. The van der Waals surface area contributed by atoms with Gasteiger partial charge in [-0.1, -0.05) is 11.8 Å². The Kier molecular flexibility index (Phi) is 6.86. The number of nitrogens with two attached hydrogens (primary N) is 1. The molecule has 0 amide bonds. The summed E-state index contributed by atoms with van der Waals surface area (Å²) < 4.78 is 10.6. The van der Waals surface area contributed by atoms with Gasteiger partial charge in [-0.25, -0.2) is 0 Å². The van der Waals surface area contributed by atoms with E-state index in [4.69, 9.17) is 15.2 Å². The summed E-state index contributed by atoms with van der Waals surface area (Å²) in [6.07, 6.45) is 0. The van der Waals surface area contributed by atoms with Crippen molar-refractivity contribution in [2.75, 3.05) is 26.4 Å². The van der Waals surface area contributed by atoms with Crippen LogP contribution in [0, 0.1) is 11.8 Å². The lowest BCUT2D eigenvalue weighted by Crippen LogP contribution is -2.03. The van der Waals surface area contributed by atoms with Gasteiger partial charge in [0.2, 0.25) is 0 Å². The molecule has 1 aromatic rings. The van der Waals surface area contributed by atoms with Crippen LogP contribution in [0.15, 0.2) is 12.1 Å². The Morgan fingerprint density at radius 2 is 2.12 bits per heavy atom. The maximum Gasteiger partial charge on any atom is 0.0810 e. The highest BCUT2D eigenvalue weighted by Gasteiger charge is 1.97. The van der Waals surface area contributed by atoms with Crippen molar-refractivity contribution in [3.8, 4) is 11.8 Å². The van der Waals surface area contributed by atoms with Crippen molar-refractivity contribution in [3.63, 3.8) is 0 Å². The van der Waals surface area contributed by atoms with E-state index < -0.39 is 0 Å². The van der Waals surface area contributed by atoms with Crippen LogP contribution in [0.1, 0.15) is 16.7 Å². The number of hydrogen-bond donors (Lipinski definition) is 1. The summed E-state index contributed by atoms with van der Waals surface area (Å²) in [5.41, 5.74) is 5.30. The van der Waals surface area contributed by atoms with Crippen LogP contribution in [0.3, 0.4) is 0 Å². The van der Waals surface area contributed by atoms with E-state index in [0.717, 1.165) is 11.5 Å². The topological polar surface area (TPSA) is 44.5 Å². The Labute approximate surface area is 101 Å².